The molecular weight excluding hydrogens is 140 g/mol. The number of Topliss-reactive ketones (excluding diaryl/α,β-unsaturated/α-hetero) is 1. The van der Waals surface area contributed by atoms with Gasteiger partial charge < -0.3 is 4.74 Å². The Hall–Kier alpha value is -1.05. The second-order valence-electron chi connectivity index (χ2n) is 2.63. The van der Waals surface area contributed by atoms with E-state index < -0.39 is 0 Å². The first-order chi connectivity index (χ1) is 5.24. The van der Waals surface area contributed by atoms with Gasteiger partial charge in [0.25, 0.3) is 0 Å². The fraction of sp³-hybridized carbons (Fsp3) is 0.444. The molecule has 1 atom stereocenters. The Morgan fingerprint density at radius 2 is 2.45 bits per heavy atom. The van der Waals surface area contributed by atoms with Gasteiger partial charge in [0.2, 0.25) is 0 Å². The highest BCUT2D eigenvalue weighted by Crippen LogP contribution is 2.14. The van der Waals surface area contributed by atoms with Crippen LogP contribution in [-0.4, -0.2) is 11.9 Å². The van der Waals surface area contributed by atoms with E-state index >= 15 is 0 Å². The van der Waals surface area contributed by atoms with Crippen molar-refractivity contribution in [2.45, 2.75) is 26.4 Å². The molecule has 1 aliphatic heterocycles. The van der Waals surface area contributed by atoms with Gasteiger partial charge in [-0.25, -0.2) is 0 Å². The summed E-state index contributed by atoms with van der Waals surface area (Å²) in [6, 6.07) is 0. The van der Waals surface area contributed by atoms with E-state index in [2.05, 4.69) is 0 Å². The second-order valence-corrected chi connectivity index (χ2v) is 2.63. The summed E-state index contributed by atoms with van der Waals surface area (Å²) in [5.41, 5.74) is 0.714. The molecule has 0 fully saturated rings. The molecule has 60 valence electrons. The minimum absolute atomic E-state index is 0.0452. The molecule has 0 aromatic carbocycles. The van der Waals surface area contributed by atoms with Crippen molar-refractivity contribution in [3.8, 4) is 0 Å². The maximum atomic E-state index is 11.1. The fourth-order valence-electron chi connectivity index (χ4n) is 0.975. The summed E-state index contributed by atoms with van der Waals surface area (Å²) in [7, 11) is 0. The number of ketones is 1. The van der Waals surface area contributed by atoms with E-state index in [-0.39, 0.29) is 11.9 Å². The van der Waals surface area contributed by atoms with Crippen molar-refractivity contribution in [1.82, 2.24) is 0 Å². The standard InChI is InChI=1S/C9H12O2/c1-3-4-8-5-9(10)7(2)6-11-8/h3-4,6,8H,5H2,1-2H3/b4-3+. The average Bonchev–Trinajstić information content (AvgIpc) is 1.98. The van der Waals surface area contributed by atoms with Gasteiger partial charge in [-0.05, 0) is 19.9 Å². The number of carbonyl (C=O) groups excluding carboxylic acids is 1. The Balaban J connectivity index is 2.62. The van der Waals surface area contributed by atoms with Crippen LogP contribution in [0.15, 0.2) is 24.0 Å². The Morgan fingerprint density at radius 3 is 3.00 bits per heavy atom. The van der Waals surface area contributed by atoms with Gasteiger partial charge in [-0.2, -0.15) is 0 Å². The summed E-state index contributed by atoms with van der Waals surface area (Å²) in [5.74, 6) is 0.180. The molecule has 1 rings (SSSR count). The first-order valence-electron chi connectivity index (χ1n) is 3.72. The van der Waals surface area contributed by atoms with Crippen molar-refractivity contribution >= 4 is 5.78 Å². The Morgan fingerprint density at radius 1 is 1.73 bits per heavy atom. The fourth-order valence-corrected chi connectivity index (χ4v) is 0.975. The number of hydrogen-bond donors (Lipinski definition) is 0. The van der Waals surface area contributed by atoms with Crippen LogP contribution in [0.4, 0.5) is 0 Å². The zero-order valence-electron chi connectivity index (χ0n) is 6.83. The van der Waals surface area contributed by atoms with Gasteiger partial charge in [0.15, 0.2) is 5.78 Å². The van der Waals surface area contributed by atoms with Crippen molar-refractivity contribution < 1.29 is 9.53 Å². The number of allylic oxidation sites excluding steroid dienone is 2. The SMILES string of the molecule is C/C=C/C1CC(=O)C(C)=CO1. The predicted octanol–water partition coefficient (Wildman–Crippen LogP) is 1.82. The van der Waals surface area contributed by atoms with Crippen LogP contribution in [0.5, 0.6) is 0 Å². The third-order valence-corrected chi connectivity index (χ3v) is 1.65. The molecule has 0 aliphatic carbocycles. The molecule has 0 aromatic heterocycles. The quantitative estimate of drug-likeness (QED) is 0.536. The van der Waals surface area contributed by atoms with E-state index in [1.54, 1.807) is 6.92 Å². The van der Waals surface area contributed by atoms with Gasteiger partial charge in [-0.15, -0.1) is 0 Å². The molecule has 1 aliphatic rings. The molecule has 0 saturated carbocycles. The number of ether oxygens (including phenoxy) is 1. The van der Waals surface area contributed by atoms with Crippen molar-refractivity contribution in [1.29, 1.82) is 0 Å². The monoisotopic (exact) mass is 152 g/mol. The summed E-state index contributed by atoms with van der Waals surface area (Å²) in [6.45, 7) is 3.69. The van der Waals surface area contributed by atoms with E-state index in [4.69, 9.17) is 4.74 Å². The minimum Gasteiger partial charge on any atom is -0.493 e. The van der Waals surface area contributed by atoms with Crippen LogP contribution >= 0.6 is 0 Å². The summed E-state index contributed by atoms with van der Waals surface area (Å²) in [4.78, 5) is 11.1. The zero-order chi connectivity index (χ0) is 8.27. The maximum Gasteiger partial charge on any atom is 0.165 e. The van der Waals surface area contributed by atoms with Crippen LogP contribution in [0.2, 0.25) is 0 Å². The summed E-state index contributed by atoms with van der Waals surface area (Å²) < 4.78 is 5.23. The van der Waals surface area contributed by atoms with Crippen LogP contribution in [0, 0.1) is 0 Å². The normalized spacial score (nSPS) is 25.1. The van der Waals surface area contributed by atoms with E-state index in [0.29, 0.717) is 12.0 Å². The average molecular weight is 152 g/mol. The number of hydrogen-bond acceptors (Lipinski definition) is 2. The third kappa shape index (κ3) is 1.93. The summed E-state index contributed by atoms with van der Waals surface area (Å²) in [5, 5.41) is 0. The molecule has 0 bridgehead atoms. The van der Waals surface area contributed by atoms with Crippen LogP contribution in [0.1, 0.15) is 20.3 Å². The molecule has 2 nitrogen and oxygen atoms in total. The van der Waals surface area contributed by atoms with E-state index in [0.717, 1.165) is 0 Å². The largest absolute Gasteiger partial charge is 0.493 e. The van der Waals surface area contributed by atoms with E-state index in [1.807, 2.05) is 19.1 Å². The topological polar surface area (TPSA) is 26.3 Å². The number of carbonyl (C=O) groups is 1. The molecule has 0 N–H and O–H groups in total. The van der Waals surface area contributed by atoms with Crippen molar-refractivity contribution in [3.05, 3.63) is 24.0 Å². The zero-order valence-corrected chi connectivity index (χ0v) is 6.83. The highest BCUT2D eigenvalue weighted by molar-refractivity contribution is 5.95. The van der Waals surface area contributed by atoms with Crippen LogP contribution in [0.25, 0.3) is 0 Å². The van der Waals surface area contributed by atoms with Gasteiger partial charge in [-0.1, -0.05) is 6.08 Å². The van der Waals surface area contributed by atoms with Crippen molar-refractivity contribution in [2.75, 3.05) is 0 Å². The van der Waals surface area contributed by atoms with Crippen molar-refractivity contribution in [3.63, 3.8) is 0 Å². The predicted molar refractivity (Wildman–Crippen MR) is 43.1 cm³/mol. The van der Waals surface area contributed by atoms with E-state index in [9.17, 15) is 4.79 Å². The lowest BCUT2D eigenvalue weighted by Crippen LogP contribution is -2.19. The highest BCUT2D eigenvalue weighted by atomic mass is 16.5. The summed E-state index contributed by atoms with van der Waals surface area (Å²) in [6.07, 6.45) is 5.76. The lowest BCUT2D eigenvalue weighted by Gasteiger charge is -2.17. The number of rotatable bonds is 1. The smallest absolute Gasteiger partial charge is 0.165 e. The lowest BCUT2D eigenvalue weighted by molar-refractivity contribution is -0.118. The highest BCUT2D eigenvalue weighted by Gasteiger charge is 2.17. The molecule has 11 heavy (non-hydrogen) atoms. The van der Waals surface area contributed by atoms with Gasteiger partial charge in [-0.3, -0.25) is 4.79 Å². The van der Waals surface area contributed by atoms with Crippen LogP contribution in [0.3, 0.4) is 0 Å². The first kappa shape index (κ1) is 8.05. The van der Waals surface area contributed by atoms with Crippen LogP contribution in [-0.2, 0) is 9.53 Å². The van der Waals surface area contributed by atoms with Crippen molar-refractivity contribution in [2.24, 2.45) is 0 Å². The van der Waals surface area contributed by atoms with E-state index in [1.165, 1.54) is 6.26 Å². The van der Waals surface area contributed by atoms with Gasteiger partial charge in [0, 0.05) is 5.57 Å². The molecular formula is C9H12O2. The molecule has 0 radical (unpaired) electrons. The summed E-state index contributed by atoms with van der Waals surface area (Å²) >= 11 is 0. The Labute approximate surface area is 66.5 Å². The van der Waals surface area contributed by atoms with Crippen LogP contribution < -0.4 is 0 Å². The molecule has 1 unspecified atom stereocenters. The van der Waals surface area contributed by atoms with Gasteiger partial charge in [0.1, 0.15) is 6.10 Å². The minimum atomic E-state index is -0.0452. The second kappa shape index (κ2) is 3.37. The molecule has 0 spiro atoms. The maximum absolute atomic E-state index is 11.1. The Kier molecular flexibility index (Phi) is 2.47. The molecule has 0 amide bonds. The third-order valence-electron chi connectivity index (χ3n) is 1.65. The first-order valence-corrected chi connectivity index (χ1v) is 3.72. The molecule has 0 aromatic rings. The Bertz CT molecular complexity index is 214. The molecule has 1 heterocycles. The molecule has 2 heteroatoms. The van der Waals surface area contributed by atoms with Gasteiger partial charge >= 0.3 is 0 Å². The van der Waals surface area contributed by atoms with Gasteiger partial charge in [0.05, 0.1) is 12.7 Å². The lowest BCUT2D eigenvalue weighted by atomic mass is 10.1. The molecule has 0 saturated heterocycles.